The Labute approximate surface area is 86.3 Å². The molecule has 80 valence electrons. The van der Waals surface area contributed by atoms with Crippen LogP contribution in [0.5, 0.6) is 0 Å². The van der Waals surface area contributed by atoms with Crippen molar-refractivity contribution in [3.8, 4) is 0 Å². The zero-order valence-electron chi connectivity index (χ0n) is 9.45. The molecule has 1 heterocycles. The summed E-state index contributed by atoms with van der Waals surface area (Å²) in [4.78, 5) is 0. The third-order valence-electron chi connectivity index (χ3n) is 3.01. The molecule has 3 nitrogen and oxygen atoms in total. The highest BCUT2D eigenvalue weighted by Gasteiger charge is 2.09. The molecular formula is C11H21N3. The molecule has 0 saturated heterocycles. The maximum atomic E-state index is 5.61. The summed E-state index contributed by atoms with van der Waals surface area (Å²) in [5.74, 6) is 0.735. The fourth-order valence-corrected chi connectivity index (χ4v) is 1.66. The van der Waals surface area contributed by atoms with Crippen molar-refractivity contribution in [2.24, 2.45) is 11.7 Å². The number of hydrogen-bond acceptors (Lipinski definition) is 2. The van der Waals surface area contributed by atoms with Gasteiger partial charge in [-0.15, -0.1) is 0 Å². The summed E-state index contributed by atoms with van der Waals surface area (Å²) in [5.41, 5.74) is 7.99. The Morgan fingerprint density at radius 1 is 1.43 bits per heavy atom. The summed E-state index contributed by atoms with van der Waals surface area (Å²) in [6, 6.07) is 0. The van der Waals surface area contributed by atoms with E-state index in [1.165, 1.54) is 18.5 Å². The molecule has 0 bridgehead atoms. The predicted octanol–water partition coefficient (Wildman–Crippen LogP) is 2.09. The van der Waals surface area contributed by atoms with Gasteiger partial charge in [-0.1, -0.05) is 26.7 Å². The summed E-state index contributed by atoms with van der Waals surface area (Å²) in [5, 5.41) is 4.36. The second-order valence-corrected chi connectivity index (χ2v) is 3.82. The first kappa shape index (κ1) is 11.2. The first-order valence-electron chi connectivity index (χ1n) is 5.44. The van der Waals surface area contributed by atoms with Gasteiger partial charge in [-0.3, -0.25) is 4.68 Å². The highest BCUT2D eigenvalue weighted by Crippen LogP contribution is 2.13. The third-order valence-corrected chi connectivity index (χ3v) is 3.01. The normalized spacial score (nSPS) is 11.2. The number of nitrogens with zero attached hydrogens (tertiary/aromatic N) is 2. The molecule has 14 heavy (non-hydrogen) atoms. The van der Waals surface area contributed by atoms with Crippen LogP contribution in [0.3, 0.4) is 0 Å². The maximum Gasteiger partial charge on any atom is 0.0537 e. The molecule has 0 aliphatic rings. The van der Waals surface area contributed by atoms with Gasteiger partial charge in [-0.25, -0.2) is 0 Å². The molecule has 3 heteroatoms. The van der Waals surface area contributed by atoms with E-state index >= 15 is 0 Å². The second-order valence-electron chi connectivity index (χ2n) is 3.82. The van der Waals surface area contributed by atoms with Crippen molar-refractivity contribution in [1.29, 1.82) is 0 Å². The Morgan fingerprint density at radius 3 is 2.50 bits per heavy atom. The number of aromatic nitrogens is 2. The molecular weight excluding hydrogens is 174 g/mol. The predicted molar refractivity (Wildman–Crippen MR) is 58.9 cm³/mol. The topological polar surface area (TPSA) is 43.8 Å². The molecule has 0 fully saturated rings. The van der Waals surface area contributed by atoms with Crippen LogP contribution in [0.15, 0.2) is 6.20 Å². The number of nitrogens with two attached hydrogens (primary N) is 1. The van der Waals surface area contributed by atoms with E-state index in [-0.39, 0.29) is 0 Å². The summed E-state index contributed by atoms with van der Waals surface area (Å²) in [6.45, 7) is 8.18. The van der Waals surface area contributed by atoms with Gasteiger partial charge in [0.2, 0.25) is 0 Å². The minimum atomic E-state index is 0.592. The first-order valence-corrected chi connectivity index (χ1v) is 5.44. The number of hydrogen-bond donors (Lipinski definition) is 1. The average Bonchev–Trinajstić information content (AvgIpc) is 2.56. The van der Waals surface area contributed by atoms with Crippen molar-refractivity contribution in [1.82, 2.24) is 9.78 Å². The van der Waals surface area contributed by atoms with E-state index in [4.69, 9.17) is 5.73 Å². The van der Waals surface area contributed by atoms with Gasteiger partial charge >= 0.3 is 0 Å². The Bertz CT molecular complexity index is 274. The molecule has 0 spiro atoms. The van der Waals surface area contributed by atoms with E-state index in [0.29, 0.717) is 6.54 Å². The van der Waals surface area contributed by atoms with Crippen LogP contribution in [0.4, 0.5) is 0 Å². The minimum absolute atomic E-state index is 0.592. The molecule has 2 N–H and O–H groups in total. The first-order chi connectivity index (χ1) is 6.72. The maximum absolute atomic E-state index is 5.61. The number of rotatable bonds is 5. The molecule has 0 aromatic carbocycles. The van der Waals surface area contributed by atoms with Crippen molar-refractivity contribution in [2.45, 2.75) is 46.7 Å². The van der Waals surface area contributed by atoms with Gasteiger partial charge in [0.05, 0.1) is 6.20 Å². The van der Waals surface area contributed by atoms with Crippen LogP contribution in [0.1, 0.15) is 37.9 Å². The van der Waals surface area contributed by atoms with Crippen LogP contribution in [-0.2, 0) is 13.1 Å². The largest absolute Gasteiger partial charge is 0.326 e. The molecule has 0 radical (unpaired) electrons. The molecule has 0 unspecified atom stereocenters. The van der Waals surface area contributed by atoms with E-state index in [1.54, 1.807) is 0 Å². The zero-order chi connectivity index (χ0) is 10.6. The lowest BCUT2D eigenvalue weighted by molar-refractivity contribution is 0.391. The van der Waals surface area contributed by atoms with E-state index in [1.807, 2.05) is 6.20 Å². The molecule has 0 saturated carbocycles. The van der Waals surface area contributed by atoms with Gasteiger partial charge in [0, 0.05) is 24.3 Å². The van der Waals surface area contributed by atoms with E-state index in [9.17, 15) is 0 Å². The molecule has 0 atom stereocenters. The minimum Gasteiger partial charge on any atom is -0.326 e. The van der Waals surface area contributed by atoms with Gasteiger partial charge in [-0.05, 0) is 12.8 Å². The van der Waals surface area contributed by atoms with Gasteiger partial charge in [-0.2, -0.15) is 5.10 Å². The fourth-order valence-electron chi connectivity index (χ4n) is 1.66. The Hall–Kier alpha value is -0.830. The molecule has 1 aromatic rings. The smallest absolute Gasteiger partial charge is 0.0537 e. The third kappa shape index (κ3) is 2.35. The summed E-state index contributed by atoms with van der Waals surface area (Å²) in [7, 11) is 0. The quantitative estimate of drug-likeness (QED) is 0.781. The summed E-state index contributed by atoms with van der Waals surface area (Å²) < 4.78 is 2.08. The average molecular weight is 195 g/mol. The standard InChI is InChI=1S/C11H21N3/c1-4-10(5-2)8-14-9(3)11(6-12)7-13-14/h7,10H,4-6,8,12H2,1-3H3. The monoisotopic (exact) mass is 195 g/mol. The van der Waals surface area contributed by atoms with Gasteiger partial charge in [0.1, 0.15) is 0 Å². The van der Waals surface area contributed by atoms with Gasteiger partial charge in [0.15, 0.2) is 0 Å². The van der Waals surface area contributed by atoms with Crippen LogP contribution in [0, 0.1) is 12.8 Å². The van der Waals surface area contributed by atoms with Crippen molar-refractivity contribution >= 4 is 0 Å². The zero-order valence-corrected chi connectivity index (χ0v) is 9.45. The van der Waals surface area contributed by atoms with E-state index < -0.39 is 0 Å². The lowest BCUT2D eigenvalue weighted by Crippen LogP contribution is -2.12. The van der Waals surface area contributed by atoms with Crippen molar-refractivity contribution < 1.29 is 0 Å². The Morgan fingerprint density at radius 2 is 2.07 bits per heavy atom. The molecule has 0 aliphatic carbocycles. The van der Waals surface area contributed by atoms with Crippen LogP contribution in [0.25, 0.3) is 0 Å². The highest BCUT2D eigenvalue weighted by atomic mass is 15.3. The van der Waals surface area contributed by atoms with Gasteiger partial charge in [0.25, 0.3) is 0 Å². The van der Waals surface area contributed by atoms with E-state index in [2.05, 4.69) is 30.6 Å². The second kappa shape index (κ2) is 5.15. The lowest BCUT2D eigenvalue weighted by atomic mass is 10.0. The molecule has 1 rings (SSSR count). The van der Waals surface area contributed by atoms with Gasteiger partial charge < -0.3 is 5.73 Å². The summed E-state index contributed by atoms with van der Waals surface area (Å²) in [6.07, 6.45) is 4.32. The van der Waals surface area contributed by atoms with Crippen LogP contribution < -0.4 is 5.73 Å². The van der Waals surface area contributed by atoms with Crippen LogP contribution >= 0.6 is 0 Å². The lowest BCUT2D eigenvalue weighted by Gasteiger charge is -2.13. The van der Waals surface area contributed by atoms with E-state index in [0.717, 1.165) is 18.0 Å². The van der Waals surface area contributed by atoms with Crippen molar-refractivity contribution in [3.05, 3.63) is 17.5 Å². The summed E-state index contributed by atoms with van der Waals surface area (Å²) >= 11 is 0. The van der Waals surface area contributed by atoms with Crippen LogP contribution in [-0.4, -0.2) is 9.78 Å². The molecule has 0 amide bonds. The SMILES string of the molecule is CCC(CC)Cn1ncc(CN)c1C. The molecule has 1 aromatic heterocycles. The Balaban J connectivity index is 2.71. The van der Waals surface area contributed by atoms with Crippen molar-refractivity contribution in [3.63, 3.8) is 0 Å². The highest BCUT2D eigenvalue weighted by molar-refractivity contribution is 5.15. The molecule has 0 aliphatic heterocycles. The van der Waals surface area contributed by atoms with Crippen LogP contribution in [0.2, 0.25) is 0 Å². The fraction of sp³-hybridized carbons (Fsp3) is 0.727. The Kier molecular flexibility index (Phi) is 4.14. The van der Waals surface area contributed by atoms with Crippen molar-refractivity contribution in [2.75, 3.05) is 0 Å².